The van der Waals surface area contributed by atoms with E-state index in [1.165, 1.54) is 4.52 Å². The second-order valence-electron chi connectivity index (χ2n) is 6.87. The predicted molar refractivity (Wildman–Crippen MR) is 110 cm³/mol. The van der Waals surface area contributed by atoms with Crippen LogP contribution in [-0.2, 0) is 0 Å². The third-order valence-electron chi connectivity index (χ3n) is 5.01. The first-order valence-electron chi connectivity index (χ1n) is 9.19. The second kappa shape index (κ2) is 6.34. The third kappa shape index (κ3) is 2.62. The maximum atomic E-state index is 13.3. The largest absolute Gasteiger partial charge is 0.497 e. The highest BCUT2D eigenvalue weighted by Crippen LogP contribution is 2.30. The molecule has 7 nitrogen and oxygen atoms in total. The van der Waals surface area contributed by atoms with Crippen LogP contribution < -0.4 is 10.3 Å². The van der Waals surface area contributed by atoms with Gasteiger partial charge in [0.2, 0.25) is 5.89 Å². The van der Waals surface area contributed by atoms with E-state index in [9.17, 15) is 4.79 Å². The predicted octanol–water partition coefficient (Wildman–Crippen LogP) is 4.12. The molecule has 0 aliphatic carbocycles. The maximum absolute atomic E-state index is 13.3. The number of aromatic nitrogens is 4. The number of aryl methyl sites for hydroxylation is 2. The smallest absolute Gasteiger partial charge is 0.285 e. The highest BCUT2D eigenvalue weighted by molar-refractivity contribution is 5.81. The molecule has 2 aromatic carbocycles. The minimum Gasteiger partial charge on any atom is -0.497 e. The minimum absolute atomic E-state index is 0.242. The lowest BCUT2D eigenvalue weighted by Gasteiger charge is -2.03. The lowest BCUT2D eigenvalue weighted by Crippen LogP contribution is -2.19. The Morgan fingerprint density at radius 1 is 1.03 bits per heavy atom. The maximum Gasteiger partial charge on any atom is 0.285 e. The number of aromatic amines is 1. The van der Waals surface area contributed by atoms with Crippen molar-refractivity contribution < 1.29 is 9.15 Å². The van der Waals surface area contributed by atoms with Gasteiger partial charge in [-0.2, -0.15) is 0 Å². The molecule has 0 amide bonds. The van der Waals surface area contributed by atoms with E-state index < -0.39 is 0 Å². The van der Waals surface area contributed by atoms with Gasteiger partial charge in [0.1, 0.15) is 16.8 Å². The number of rotatable bonds is 3. The molecule has 0 aliphatic heterocycles. The van der Waals surface area contributed by atoms with Crippen LogP contribution in [-0.4, -0.2) is 26.7 Å². The molecule has 0 unspecified atom stereocenters. The van der Waals surface area contributed by atoms with Crippen molar-refractivity contribution in [3.8, 4) is 28.3 Å². The van der Waals surface area contributed by atoms with Crippen molar-refractivity contribution in [3.05, 3.63) is 70.3 Å². The molecule has 0 radical (unpaired) electrons. The van der Waals surface area contributed by atoms with Gasteiger partial charge in [0.15, 0.2) is 11.2 Å². The summed E-state index contributed by atoms with van der Waals surface area (Å²) in [4.78, 5) is 22.5. The zero-order chi connectivity index (χ0) is 20.1. The van der Waals surface area contributed by atoms with Gasteiger partial charge in [0.25, 0.3) is 5.56 Å². The van der Waals surface area contributed by atoms with Gasteiger partial charge in [-0.3, -0.25) is 9.89 Å². The summed E-state index contributed by atoms with van der Waals surface area (Å²) < 4.78 is 12.5. The summed E-state index contributed by atoms with van der Waals surface area (Å²) in [6.07, 6.45) is 0. The Bertz CT molecular complexity index is 1430. The highest BCUT2D eigenvalue weighted by atomic mass is 16.5. The fraction of sp³-hybridized carbons (Fsp3) is 0.136. The van der Waals surface area contributed by atoms with Crippen LogP contribution >= 0.6 is 0 Å². The average Bonchev–Trinajstić information content (AvgIpc) is 3.28. The van der Waals surface area contributed by atoms with Crippen molar-refractivity contribution >= 4 is 16.7 Å². The highest BCUT2D eigenvalue weighted by Gasteiger charge is 2.21. The number of hydrogen-bond acceptors (Lipinski definition) is 5. The van der Waals surface area contributed by atoms with E-state index in [2.05, 4.69) is 10.1 Å². The van der Waals surface area contributed by atoms with Crippen molar-refractivity contribution in [1.82, 2.24) is 19.6 Å². The van der Waals surface area contributed by atoms with Crippen molar-refractivity contribution in [3.63, 3.8) is 0 Å². The molecular formula is C22H18N4O3. The number of methoxy groups -OCH3 is 1. The fourth-order valence-electron chi connectivity index (χ4n) is 3.63. The monoisotopic (exact) mass is 386 g/mol. The first-order chi connectivity index (χ1) is 14.1. The molecule has 5 rings (SSSR count). The zero-order valence-electron chi connectivity index (χ0n) is 16.2. The molecule has 1 N–H and O–H groups in total. The number of ether oxygens (including phenoxy) is 1. The standard InChI is InChI=1S/C22H18N4O3/c1-12-19(21-24-16-11-15(28-3)9-10-17(16)29-21)22(27)26-20(23-12)18(13(2)25-26)14-7-5-4-6-8-14/h4-11,25H,1-3H3. The van der Waals surface area contributed by atoms with Crippen LogP contribution in [0.25, 0.3) is 39.3 Å². The summed E-state index contributed by atoms with van der Waals surface area (Å²) >= 11 is 0. The van der Waals surface area contributed by atoms with Gasteiger partial charge in [0.05, 0.1) is 12.8 Å². The number of fused-ring (bicyclic) bond motifs is 2. The van der Waals surface area contributed by atoms with Crippen molar-refractivity contribution in [2.45, 2.75) is 13.8 Å². The second-order valence-corrected chi connectivity index (χ2v) is 6.87. The minimum atomic E-state index is -0.253. The summed E-state index contributed by atoms with van der Waals surface area (Å²) in [5, 5.41) is 3.14. The lowest BCUT2D eigenvalue weighted by atomic mass is 10.1. The van der Waals surface area contributed by atoms with E-state index in [4.69, 9.17) is 14.1 Å². The molecule has 7 heteroatoms. The lowest BCUT2D eigenvalue weighted by molar-refractivity contribution is 0.415. The summed E-state index contributed by atoms with van der Waals surface area (Å²) in [6, 6.07) is 15.2. The molecule has 144 valence electrons. The quantitative estimate of drug-likeness (QED) is 0.504. The van der Waals surface area contributed by atoms with Crippen molar-refractivity contribution in [2.24, 2.45) is 0 Å². The Kier molecular flexibility index (Phi) is 3.77. The van der Waals surface area contributed by atoms with Crippen LogP contribution in [0, 0.1) is 13.8 Å². The Morgan fingerprint density at radius 3 is 2.59 bits per heavy atom. The molecule has 0 spiro atoms. The van der Waals surface area contributed by atoms with Crippen LogP contribution in [0.15, 0.2) is 57.7 Å². The van der Waals surface area contributed by atoms with Gasteiger partial charge in [-0.25, -0.2) is 14.5 Å². The molecule has 0 bridgehead atoms. The molecule has 0 saturated carbocycles. The van der Waals surface area contributed by atoms with Crippen LogP contribution in [0.1, 0.15) is 11.4 Å². The molecule has 5 aromatic rings. The SMILES string of the molecule is COc1ccc2oc(-c3c(C)nc4c(-c5ccccc5)c(C)[nH]n4c3=O)nc2c1. The number of nitrogens with zero attached hydrogens (tertiary/aromatic N) is 3. The van der Waals surface area contributed by atoms with Crippen molar-refractivity contribution in [2.75, 3.05) is 7.11 Å². The Balaban J connectivity index is 1.75. The average molecular weight is 386 g/mol. The summed E-state index contributed by atoms with van der Waals surface area (Å²) in [5.74, 6) is 0.915. The van der Waals surface area contributed by atoms with Crippen LogP contribution in [0.3, 0.4) is 0 Å². The summed E-state index contributed by atoms with van der Waals surface area (Å²) in [7, 11) is 1.59. The molecule has 0 fully saturated rings. The number of hydrogen-bond donors (Lipinski definition) is 1. The Labute approximate surface area is 165 Å². The van der Waals surface area contributed by atoms with E-state index in [0.717, 1.165) is 16.8 Å². The number of nitrogens with one attached hydrogen (secondary N) is 1. The molecule has 0 saturated heterocycles. The molecule has 29 heavy (non-hydrogen) atoms. The van der Waals surface area contributed by atoms with Crippen LogP contribution in [0.2, 0.25) is 0 Å². The third-order valence-corrected chi connectivity index (χ3v) is 5.01. The number of oxazole rings is 1. The molecule has 0 atom stereocenters. The van der Waals surface area contributed by atoms with Gasteiger partial charge in [-0.15, -0.1) is 0 Å². The van der Waals surface area contributed by atoms with E-state index in [1.54, 1.807) is 32.2 Å². The van der Waals surface area contributed by atoms with E-state index in [1.807, 2.05) is 37.3 Å². The number of H-pyrrole nitrogens is 1. The van der Waals surface area contributed by atoms with Gasteiger partial charge >= 0.3 is 0 Å². The zero-order valence-corrected chi connectivity index (χ0v) is 16.2. The molecule has 0 aliphatic rings. The van der Waals surface area contributed by atoms with Crippen LogP contribution in [0.5, 0.6) is 5.75 Å². The van der Waals surface area contributed by atoms with E-state index in [-0.39, 0.29) is 11.4 Å². The van der Waals surface area contributed by atoms with Gasteiger partial charge in [-0.1, -0.05) is 30.3 Å². The van der Waals surface area contributed by atoms with Gasteiger partial charge in [-0.05, 0) is 31.5 Å². The number of benzene rings is 2. The molecule has 3 heterocycles. The van der Waals surface area contributed by atoms with Gasteiger partial charge < -0.3 is 9.15 Å². The molecular weight excluding hydrogens is 368 g/mol. The van der Waals surface area contributed by atoms with Gasteiger partial charge in [0, 0.05) is 17.3 Å². The first-order valence-corrected chi connectivity index (χ1v) is 9.19. The normalized spacial score (nSPS) is 11.4. The van der Waals surface area contributed by atoms with E-state index in [0.29, 0.717) is 33.8 Å². The molecule has 3 aromatic heterocycles. The summed E-state index contributed by atoms with van der Waals surface area (Å²) in [6.45, 7) is 3.72. The fourth-order valence-corrected chi connectivity index (χ4v) is 3.63. The van der Waals surface area contributed by atoms with E-state index >= 15 is 0 Å². The summed E-state index contributed by atoms with van der Waals surface area (Å²) in [5.41, 5.74) is 5.18. The van der Waals surface area contributed by atoms with Crippen molar-refractivity contribution in [1.29, 1.82) is 0 Å². The van der Waals surface area contributed by atoms with Crippen LogP contribution in [0.4, 0.5) is 0 Å². The first kappa shape index (κ1) is 17.2. The Hall–Kier alpha value is -3.87. The topological polar surface area (TPSA) is 85.4 Å². The Morgan fingerprint density at radius 2 is 1.83 bits per heavy atom.